The highest BCUT2D eigenvalue weighted by Gasteiger charge is 2.28. The van der Waals surface area contributed by atoms with Crippen molar-refractivity contribution in [3.63, 3.8) is 0 Å². The van der Waals surface area contributed by atoms with Gasteiger partial charge in [-0.15, -0.1) is 0 Å². The van der Waals surface area contributed by atoms with Crippen molar-refractivity contribution in [2.75, 3.05) is 11.5 Å². The summed E-state index contributed by atoms with van der Waals surface area (Å²) in [7, 11) is 0. The average Bonchev–Trinajstić information content (AvgIpc) is 2.82. The van der Waals surface area contributed by atoms with Crippen LogP contribution in [0.3, 0.4) is 0 Å². The van der Waals surface area contributed by atoms with Gasteiger partial charge in [-0.05, 0) is 61.4 Å². The highest BCUT2D eigenvalue weighted by atomic mass is 35.5. The molecule has 0 fully saturated rings. The molecule has 1 aromatic heterocycles. The number of ether oxygens (including phenoxy) is 2. The summed E-state index contributed by atoms with van der Waals surface area (Å²) in [5.74, 6) is 0.678. The number of benzene rings is 2. The lowest BCUT2D eigenvalue weighted by Gasteiger charge is -2.22. The first kappa shape index (κ1) is 23.8. The average molecular weight is 464 g/mol. The molecule has 2 aromatic carbocycles. The number of pyridine rings is 1. The number of rotatable bonds is 7. The van der Waals surface area contributed by atoms with Gasteiger partial charge >= 0.3 is 6.09 Å². The summed E-state index contributed by atoms with van der Waals surface area (Å²) in [6.45, 7) is 3.67. The molecule has 0 radical (unpaired) electrons. The normalized spacial score (nSPS) is 10.2. The first-order valence-corrected chi connectivity index (χ1v) is 10.7. The van der Waals surface area contributed by atoms with Gasteiger partial charge in [0.2, 0.25) is 5.91 Å². The fourth-order valence-corrected chi connectivity index (χ4v) is 3.41. The zero-order valence-electron chi connectivity index (χ0n) is 18.2. The molecule has 1 heterocycles. The number of imide groups is 1. The fourth-order valence-electron chi connectivity index (χ4n) is 3.08. The van der Waals surface area contributed by atoms with Crippen LogP contribution in [0, 0.1) is 11.3 Å². The molecule has 0 aliphatic carbocycles. The van der Waals surface area contributed by atoms with E-state index in [1.165, 1.54) is 12.3 Å². The van der Waals surface area contributed by atoms with Crippen LogP contribution in [0.1, 0.15) is 30.7 Å². The Labute approximate surface area is 197 Å². The minimum Gasteiger partial charge on any atom is -0.457 e. The van der Waals surface area contributed by atoms with Gasteiger partial charge in [-0.25, -0.2) is 9.69 Å². The molecular formula is C25H22ClN3O4. The van der Waals surface area contributed by atoms with Crippen molar-refractivity contribution in [3.05, 3.63) is 82.6 Å². The predicted molar refractivity (Wildman–Crippen MR) is 125 cm³/mol. The van der Waals surface area contributed by atoms with Crippen molar-refractivity contribution in [2.24, 2.45) is 0 Å². The number of carbonyl (C=O) groups is 2. The molecule has 0 unspecified atom stereocenters. The number of amides is 2. The Morgan fingerprint density at radius 3 is 2.24 bits per heavy atom. The van der Waals surface area contributed by atoms with E-state index in [4.69, 9.17) is 26.3 Å². The molecular weight excluding hydrogens is 442 g/mol. The Bertz CT molecular complexity index is 1170. The second-order valence-corrected chi connectivity index (χ2v) is 7.31. The molecule has 0 saturated carbocycles. The van der Waals surface area contributed by atoms with Gasteiger partial charge in [0.25, 0.3) is 0 Å². The summed E-state index contributed by atoms with van der Waals surface area (Å²) in [5.41, 5.74) is 2.05. The lowest BCUT2D eigenvalue weighted by atomic mass is 10.1. The molecule has 0 N–H and O–H groups in total. The van der Waals surface area contributed by atoms with Crippen LogP contribution in [-0.2, 0) is 22.4 Å². The molecule has 0 aliphatic rings. The van der Waals surface area contributed by atoms with E-state index in [1.54, 1.807) is 55.5 Å². The Morgan fingerprint density at radius 1 is 1.03 bits per heavy atom. The summed E-state index contributed by atoms with van der Waals surface area (Å²) in [6.07, 6.45) is 1.22. The van der Waals surface area contributed by atoms with Crippen LogP contribution in [0.25, 0.3) is 0 Å². The lowest BCUT2D eigenvalue weighted by molar-refractivity contribution is -0.117. The fraction of sp³-hybridized carbons (Fsp3) is 0.200. The third-order valence-electron chi connectivity index (χ3n) is 4.71. The third kappa shape index (κ3) is 5.88. The van der Waals surface area contributed by atoms with Gasteiger partial charge < -0.3 is 9.47 Å². The van der Waals surface area contributed by atoms with Gasteiger partial charge in [-0.2, -0.15) is 5.26 Å². The number of hydrogen-bond acceptors (Lipinski definition) is 6. The number of anilines is 1. The van der Waals surface area contributed by atoms with Gasteiger partial charge in [0.05, 0.1) is 41.1 Å². The molecule has 7 nitrogen and oxygen atoms in total. The van der Waals surface area contributed by atoms with Gasteiger partial charge in [0.1, 0.15) is 11.5 Å². The van der Waals surface area contributed by atoms with Gasteiger partial charge in [0.15, 0.2) is 0 Å². The number of nitriles is 1. The molecule has 0 saturated heterocycles. The first-order valence-electron chi connectivity index (χ1n) is 10.4. The smallest absolute Gasteiger partial charge is 0.421 e. The highest BCUT2D eigenvalue weighted by Crippen LogP contribution is 2.30. The molecule has 0 aliphatic heterocycles. The van der Waals surface area contributed by atoms with Gasteiger partial charge in [0, 0.05) is 6.20 Å². The van der Waals surface area contributed by atoms with Crippen LogP contribution >= 0.6 is 11.6 Å². The maximum Gasteiger partial charge on any atom is 0.421 e. The van der Waals surface area contributed by atoms with Crippen LogP contribution in [0.15, 0.2) is 60.8 Å². The van der Waals surface area contributed by atoms with Gasteiger partial charge in [-0.1, -0.05) is 30.7 Å². The van der Waals surface area contributed by atoms with Crippen LogP contribution in [0.4, 0.5) is 10.5 Å². The molecule has 33 heavy (non-hydrogen) atoms. The minimum absolute atomic E-state index is 0.0456. The van der Waals surface area contributed by atoms with Crippen molar-refractivity contribution in [3.8, 4) is 17.6 Å². The third-order valence-corrected chi connectivity index (χ3v) is 5.13. The van der Waals surface area contributed by atoms with E-state index in [9.17, 15) is 9.59 Å². The molecule has 8 heteroatoms. The summed E-state index contributed by atoms with van der Waals surface area (Å²) in [6, 6.07) is 17.3. The van der Waals surface area contributed by atoms with Crippen molar-refractivity contribution < 1.29 is 19.1 Å². The van der Waals surface area contributed by atoms with E-state index in [-0.39, 0.29) is 23.7 Å². The molecule has 168 valence electrons. The standard InChI is InChI=1S/C25H22ClN3O4/c1-3-21-24(26)22(13-14-28-21)29(25(31)32-4-2)23(30)15-17-5-9-19(10-6-17)33-20-11-7-18(16-27)8-12-20/h5-14H,3-4,15H2,1-2H3. The molecule has 3 rings (SSSR count). The van der Waals surface area contributed by atoms with Crippen molar-refractivity contribution in [1.29, 1.82) is 5.26 Å². The topological polar surface area (TPSA) is 92.5 Å². The number of aromatic nitrogens is 1. The quantitative estimate of drug-likeness (QED) is 0.446. The van der Waals surface area contributed by atoms with E-state index >= 15 is 0 Å². The zero-order valence-corrected chi connectivity index (χ0v) is 19.0. The second kappa shape index (κ2) is 11.1. The van der Waals surface area contributed by atoms with E-state index in [1.807, 2.05) is 6.92 Å². The van der Waals surface area contributed by atoms with Crippen molar-refractivity contribution >= 4 is 29.3 Å². The van der Waals surface area contributed by atoms with E-state index < -0.39 is 12.0 Å². The Kier molecular flexibility index (Phi) is 8.01. The molecule has 0 spiro atoms. The first-order chi connectivity index (χ1) is 16.0. The number of aryl methyl sites for hydroxylation is 1. The highest BCUT2D eigenvalue weighted by molar-refractivity contribution is 6.35. The largest absolute Gasteiger partial charge is 0.457 e. The van der Waals surface area contributed by atoms with Crippen LogP contribution < -0.4 is 9.64 Å². The van der Waals surface area contributed by atoms with E-state index in [0.717, 1.165) is 4.90 Å². The maximum atomic E-state index is 13.1. The molecule has 3 aromatic rings. The van der Waals surface area contributed by atoms with Crippen molar-refractivity contribution in [2.45, 2.75) is 26.7 Å². The lowest BCUT2D eigenvalue weighted by Crippen LogP contribution is -2.39. The van der Waals surface area contributed by atoms with E-state index in [0.29, 0.717) is 34.7 Å². The number of hydrogen-bond donors (Lipinski definition) is 0. The molecule has 2 amide bonds. The number of halogens is 1. The Balaban J connectivity index is 1.77. The monoisotopic (exact) mass is 463 g/mol. The van der Waals surface area contributed by atoms with Crippen LogP contribution in [0.5, 0.6) is 11.5 Å². The Hall–Kier alpha value is -3.89. The second-order valence-electron chi connectivity index (χ2n) is 6.93. The zero-order chi connectivity index (χ0) is 23.8. The summed E-state index contributed by atoms with van der Waals surface area (Å²) in [5, 5.41) is 9.12. The maximum absolute atomic E-state index is 13.1. The molecule has 0 atom stereocenters. The van der Waals surface area contributed by atoms with Gasteiger partial charge in [-0.3, -0.25) is 9.78 Å². The molecule has 0 bridgehead atoms. The van der Waals surface area contributed by atoms with Crippen LogP contribution in [0.2, 0.25) is 5.02 Å². The summed E-state index contributed by atoms with van der Waals surface area (Å²) >= 11 is 6.41. The number of nitrogens with zero attached hydrogens (tertiary/aromatic N) is 3. The summed E-state index contributed by atoms with van der Waals surface area (Å²) in [4.78, 5) is 30.8. The minimum atomic E-state index is -0.793. The summed E-state index contributed by atoms with van der Waals surface area (Å²) < 4.78 is 10.9. The van der Waals surface area contributed by atoms with Crippen molar-refractivity contribution in [1.82, 2.24) is 4.98 Å². The van der Waals surface area contributed by atoms with Crippen LogP contribution in [-0.4, -0.2) is 23.6 Å². The van der Waals surface area contributed by atoms with E-state index in [2.05, 4.69) is 11.1 Å². The Morgan fingerprint density at radius 2 is 1.67 bits per heavy atom. The number of carbonyl (C=O) groups excluding carboxylic acids is 2. The SMILES string of the molecule is CCOC(=O)N(C(=O)Cc1ccc(Oc2ccc(C#N)cc2)cc1)c1ccnc(CC)c1Cl. The predicted octanol–water partition coefficient (Wildman–Crippen LogP) is 5.69.